The van der Waals surface area contributed by atoms with Crippen LogP contribution in [-0.2, 0) is 20.8 Å². The summed E-state index contributed by atoms with van der Waals surface area (Å²) in [6.07, 6.45) is 0.978. The molecule has 0 saturated heterocycles. The topological polar surface area (TPSA) is 67.4 Å². The molecule has 0 saturated carbocycles. The number of hydrogen-bond acceptors (Lipinski definition) is 3. The summed E-state index contributed by atoms with van der Waals surface area (Å²) in [5, 5.41) is 2.39. The highest BCUT2D eigenvalue weighted by Gasteiger charge is 2.04. The molecule has 0 atom stereocenters. The van der Waals surface area contributed by atoms with Crippen molar-refractivity contribution in [1.29, 1.82) is 0 Å². The average Bonchev–Trinajstić information content (AvgIpc) is 2.38. The lowest BCUT2D eigenvalue weighted by Gasteiger charge is -2.05. The number of hydroxylamine groups is 1. The van der Waals surface area contributed by atoms with Gasteiger partial charge in [0.15, 0.2) is 6.61 Å². The van der Waals surface area contributed by atoms with Gasteiger partial charge in [-0.3, -0.25) is 14.4 Å². The highest BCUT2D eigenvalue weighted by atomic mass is 16.7. The third-order valence-corrected chi connectivity index (χ3v) is 2.43. The van der Waals surface area contributed by atoms with Gasteiger partial charge in [-0.25, -0.2) is 5.48 Å². The van der Waals surface area contributed by atoms with Gasteiger partial charge in [-0.05, 0) is 18.9 Å². The van der Waals surface area contributed by atoms with Gasteiger partial charge in [0.25, 0.3) is 0 Å². The third kappa shape index (κ3) is 5.45. The number of carbonyl (C=O) groups is 2. The minimum atomic E-state index is -0.283. The van der Waals surface area contributed by atoms with Crippen molar-refractivity contribution >= 4 is 11.8 Å². The fourth-order valence-electron chi connectivity index (χ4n) is 1.32. The number of rotatable bonds is 6. The zero-order valence-corrected chi connectivity index (χ0v) is 10.7. The summed E-state index contributed by atoms with van der Waals surface area (Å²) >= 11 is 0. The molecular formula is C13H18N2O3. The van der Waals surface area contributed by atoms with Gasteiger partial charge in [0.2, 0.25) is 11.8 Å². The molecule has 0 radical (unpaired) electrons. The van der Waals surface area contributed by atoms with E-state index in [1.807, 2.05) is 31.2 Å². The molecule has 0 unspecified atom stereocenters. The Bertz CT molecular complexity index is 401. The van der Waals surface area contributed by atoms with E-state index in [0.29, 0.717) is 12.8 Å². The number of nitrogens with one attached hydrogen (secondary N) is 2. The van der Waals surface area contributed by atoms with E-state index in [-0.39, 0.29) is 18.4 Å². The Morgan fingerprint density at radius 2 is 1.83 bits per heavy atom. The van der Waals surface area contributed by atoms with Gasteiger partial charge in [0.1, 0.15) is 0 Å². The average molecular weight is 250 g/mol. The second-order valence-electron chi connectivity index (χ2n) is 3.97. The molecular weight excluding hydrogens is 232 g/mol. The normalized spacial score (nSPS) is 9.89. The summed E-state index contributed by atoms with van der Waals surface area (Å²) in [6.45, 7) is 1.84. The Balaban J connectivity index is 2.21. The van der Waals surface area contributed by atoms with E-state index < -0.39 is 0 Å². The Morgan fingerprint density at radius 3 is 2.44 bits per heavy atom. The molecule has 0 aliphatic rings. The quantitative estimate of drug-likeness (QED) is 0.731. The van der Waals surface area contributed by atoms with Gasteiger partial charge in [0.05, 0.1) is 0 Å². The molecule has 2 amide bonds. The van der Waals surface area contributed by atoms with Crippen LogP contribution in [0.2, 0.25) is 0 Å². The first-order valence-corrected chi connectivity index (χ1v) is 5.78. The number of amides is 2. The Morgan fingerprint density at radius 1 is 1.17 bits per heavy atom. The third-order valence-electron chi connectivity index (χ3n) is 2.43. The van der Waals surface area contributed by atoms with Crippen LogP contribution >= 0.6 is 0 Å². The summed E-state index contributed by atoms with van der Waals surface area (Å²) < 4.78 is 0. The van der Waals surface area contributed by atoms with Crippen LogP contribution in [-0.4, -0.2) is 25.5 Å². The summed E-state index contributed by atoms with van der Waals surface area (Å²) in [5.74, 6) is -0.520. The van der Waals surface area contributed by atoms with E-state index in [9.17, 15) is 9.59 Å². The number of aryl methyl sites for hydroxylation is 2. The summed E-state index contributed by atoms with van der Waals surface area (Å²) in [5.41, 5.74) is 4.52. The molecule has 0 aliphatic carbocycles. The Hall–Kier alpha value is -1.88. The number of likely N-dealkylation sites (N-methyl/N-ethyl adjacent to an activating group) is 1. The van der Waals surface area contributed by atoms with E-state index in [1.165, 1.54) is 12.6 Å². The Kier molecular flexibility index (Phi) is 5.87. The molecule has 0 fully saturated rings. The van der Waals surface area contributed by atoms with Crippen LogP contribution in [0.15, 0.2) is 24.3 Å². The highest BCUT2D eigenvalue weighted by Crippen LogP contribution is 2.05. The highest BCUT2D eigenvalue weighted by molar-refractivity contribution is 5.78. The first-order valence-electron chi connectivity index (χ1n) is 5.78. The maximum atomic E-state index is 11.4. The second-order valence-corrected chi connectivity index (χ2v) is 3.97. The summed E-state index contributed by atoms with van der Waals surface area (Å²) in [7, 11) is 1.50. The molecule has 1 aromatic rings. The van der Waals surface area contributed by atoms with Crippen LogP contribution in [0.1, 0.15) is 17.5 Å². The molecule has 0 bridgehead atoms. The van der Waals surface area contributed by atoms with Crippen LogP contribution in [0.3, 0.4) is 0 Å². The van der Waals surface area contributed by atoms with Crippen molar-refractivity contribution in [2.45, 2.75) is 19.8 Å². The van der Waals surface area contributed by atoms with Gasteiger partial charge in [0, 0.05) is 13.5 Å². The predicted octanol–water partition coefficient (Wildman–Crippen LogP) is 0.721. The lowest BCUT2D eigenvalue weighted by Crippen LogP contribution is -2.31. The predicted molar refractivity (Wildman–Crippen MR) is 67.7 cm³/mol. The van der Waals surface area contributed by atoms with E-state index in [4.69, 9.17) is 4.84 Å². The largest absolute Gasteiger partial charge is 0.357 e. The summed E-state index contributed by atoms with van der Waals surface area (Å²) in [6, 6.07) is 8.01. The fraction of sp³-hybridized carbons (Fsp3) is 0.385. The fourth-order valence-corrected chi connectivity index (χ4v) is 1.32. The smallest absolute Gasteiger partial charge is 0.248 e. The monoisotopic (exact) mass is 250 g/mol. The number of benzene rings is 1. The lowest BCUT2D eigenvalue weighted by atomic mass is 10.1. The van der Waals surface area contributed by atoms with E-state index in [2.05, 4.69) is 10.8 Å². The van der Waals surface area contributed by atoms with Crippen LogP contribution < -0.4 is 10.8 Å². The molecule has 0 spiro atoms. The van der Waals surface area contributed by atoms with Crippen molar-refractivity contribution in [3.8, 4) is 0 Å². The van der Waals surface area contributed by atoms with Crippen molar-refractivity contribution in [3.63, 3.8) is 0 Å². The number of carbonyl (C=O) groups excluding carboxylic acids is 2. The van der Waals surface area contributed by atoms with Gasteiger partial charge in [-0.2, -0.15) is 0 Å². The molecule has 5 heteroatoms. The van der Waals surface area contributed by atoms with E-state index in [0.717, 1.165) is 5.56 Å². The van der Waals surface area contributed by atoms with Crippen molar-refractivity contribution in [2.24, 2.45) is 0 Å². The van der Waals surface area contributed by atoms with Crippen molar-refractivity contribution in [2.75, 3.05) is 13.7 Å². The maximum Gasteiger partial charge on any atom is 0.248 e. The molecule has 0 aromatic heterocycles. The SMILES string of the molecule is CNC(=O)CONC(=O)CCc1ccc(C)cc1. The zero-order chi connectivity index (χ0) is 13.4. The van der Waals surface area contributed by atoms with Gasteiger partial charge >= 0.3 is 0 Å². The number of hydrogen-bond donors (Lipinski definition) is 2. The molecule has 5 nitrogen and oxygen atoms in total. The summed E-state index contributed by atoms with van der Waals surface area (Å²) in [4.78, 5) is 26.9. The van der Waals surface area contributed by atoms with E-state index in [1.54, 1.807) is 0 Å². The lowest BCUT2D eigenvalue weighted by molar-refractivity contribution is -0.138. The maximum absolute atomic E-state index is 11.4. The van der Waals surface area contributed by atoms with Crippen LogP contribution in [0, 0.1) is 6.92 Å². The first-order chi connectivity index (χ1) is 8.61. The van der Waals surface area contributed by atoms with Crippen molar-refractivity contribution in [3.05, 3.63) is 35.4 Å². The minimum absolute atomic E-state index is 0.174. The van der Waals surface area contributed by atoms with Gasteiger partial charge in [-0.15, -0.1) is 0 Å². The standard InChI is InChI=1S/C13H18N2O3/c1-10-3-5-11(6-4-10)7-8-12(16)15-18-9-13(17)14-2/h3-6H,7-9H2,1-2H3,(H,14,17)(H,15,16). The molecule has 1 rings (SSSR count). The van der Waals surface area contributed by atoms with Gasteiger partial charge < -0.3 is 5.32 Å². The molecule has 1 aromatic carbocycles. The van der Waals surface area contributed by atoms with Crippen LogP contribution in [0.4, 0.5) is 0 Å². The van der Waals surface area contributed by atoms with Crippen molar-refractivity contribution < 1.29 is 14.4 Å². The Labute approximate surface area is 106 Å². The molecule has 18 heavy (non-hydrogen) atoms. The van der Waals surface area contributed by atoms with Crippen LogP contribution in [0.25, 0.3) is 0 Å². The minimum Gasteiger partial charge on any atom is -0.357 e. The van der Waals surface area contributed by atoms with E-state index >= 15 is 0 Å². The van der Waals surface area contributed by atoms with Gasteiger partial charge in [-0.1, -0.05) is 29.8 Å². The molecule has 98 valence electrons. The first kappa shape index (κ1) is 14.2. The zero-order valence-electron chi connectivity index (χ0n) is 10.7. The molecule has 0 aliphatic heterocycles. The second kappa shape index (κ2) is 7.45. The molecule has 0 heterocycles. The van der Waals surface area contributed by atoms with Crippen LogP contribution in [0.5, 0.6) is 0 Å². The van der Waals surface area contributed by atoms with Crippen molar-refractivity contribution in [1.82, 2.24) is 10.8 Å². The molecule has 2 N–H and O–H groups in total.